The fourth-order valence-electron chi connectivity index (χ4n) is 1.04. The molecule has 0 unspecified atom stereocenters. The number of rotatable bonds is 1. The minimum Gasteiger partial charge on any atom is -0.333 e. The van der Waals surface area contributed by atoms with Crippen LogP contribution in [-0.4, -0.2) is 19.5 Å². The number of aromatic nitrogens is 4. The zero-order valence-corrected chi connectivity index (χ0v) is 6.68. The Labute approximate surface area is 69.9 Å². The summed E-state index contributed by atoms with van der Waals surface area (Å²) >= 11 is 0. The van der Waals surface area contributed by atoms with Gasteiger partial charge in [-0.25, -0.2) is 15.0 Å². The molecule has 4 heteroatoms. The van der Waals surface area contributed by atoms with Gasteiger partial charge in [0.2, 0.25) is 0 Å². The molecule has 0 fully saturated rings. The molecule has 0 saturated heterocycles. The molecule has 0 amide bonds. The molecule has 0 saturated carbocycles. The highest BCUT2D eigenvalue weighted by molar-refractivity contribution is 5.47. The maximum absolute atomic E-state index is 4.16. The van der Waals surface area contributed by atoms with Crippen LogP contribution in [0.2, 0.25) is 0 Å². The molecule has 2 aromatic rings. The summed E-state index contributed by atoms with van der Waals surface area (Å²) in [5.41, 5.74) is 0.845. The van der Waals surface area contributed by atoms with E-state index in [0.29, 0.717) is 0 Å². The van der Waals surface area contributed by atoms with Gasteiger partial charge in [0.05, 0.1) is 0 Å². The molecule has 0 aromatic carbocycles. The lowest BCUT2D eigenvalue weighted by atomic mass is 10.4. The van der Waals surface area contributed by atoms with Crippen LogP contribution < -0.4 is 0 Å². The molecule has 12 heavy (non-hydrogen) atoms. The summed E-state index contributed by atoms with van der Waals surface area (Å²) in [6, 6.07) is 1.84. The van der Waals surface area contributed by atoms with Gasteiger partial charge in [-0.1, -0.05) is 0 Å². The molecular weight excluding hydrogens is 152 g/mol. The van der Waals surface area contributed by atoms with Crippen LogP contribution in [0.3, 0.4) is 0 Å². The van der Waals surface area contributed by atoms with Gasteiger partial charge in [-0.2, -0.15) is 0 Å². The fraction of sp³-hybridized carbons (Fsp3) is 0.125. The van der Waals surface area contributed by atoms with E-state index in [1.165, 1.54) is 6.33 Å². The molecule has 0 atom stereocenters. The van der Waals surface area contributed by atoms with Gasteiger partial charge in [-0.15, -0.1) is 0 Å². The predicted octanol–water partition coefficient (Wildman–Crippen LogP) is 0.877. The van der Waals surface area contributed by atoms with E-state index >= 15 is 0 Å². The normalized spacial score (nSPS) is 10.1. The zero-order valence-electron chi connectivity index (χ0n) is 6.68. The minimum absolute atomic E-state index is 0.845. The molecule has 2 aromatic heterocycles. The van der Waals surface area contributed by atoms with E-state index in [1.54, 1.807) is 12.4 Å². The van der Waals surface area contributed by atoms with Crippen LogP contribution in [0.1, 0.15) is 0 Å². The van der Waals surface area contributed by atoms with Crippen molar-refractivity contribution in [3.8, 4) is 11.5 Å². The third-order valence-corrected chi connectivity index (χ3v) is 1.63. The smallest absolute Gasteiger partial charge is 0.158 e. The average molecular weight is 160 g/mol. The lowest BCUT2D eigenvalue weighted by Gasteiger charge is -1.98. The Hall–Kier alpha value is -1.71. The third kappa shape index (κ3) is 1.07. The Morgan fingerprint density at radius 2 is 2.17 bits per heavy atom. The number of hydrogen-bond acceptors (Lipinski definition) is 3. The summed E-state index contributed by atoms with van der Waals surface area (Å²) in [5, 5.41) is 0. The van der Waals surface area contributed by atoms with Crippen LogP contribution in [0.15, 0.2) is 31.0 Å². The van der Waals surface area contributed by atoms with Crippen LogP contribution in [0.4, 0.5) is 0 Å². The standard InChI is InChI=1S/C8H8N4/c1-12-5-4-10-8(12)7-2-3-9-6-11-7/h2-6H,1H3. The molecule has 0 radical (unpaired) electrons. The fourth-order valence-corrected chi connectivity index (χ4v) is 1.04. The van der Waals surface area contributed by atoms with Gasteiger partial charge >= 0.3 is 0 Å². The van der Waals surface area contributed by atoms with Crippen LogP contribution in [0.25, 0.3) is 11.5 Å². The molecular formula is C8H8N4. The molecule has 60 valence electrons. The van der Waals surface area contributed by atoms with E-state index in [1.807, 2.05) is 23.9 Å². The topological polar surface area (TPSA) is 43.6 Å². The van der Waals surface area contributed by atoms with Crippen molar-refractivity contribution < 1.29 is 0 Å². The Morgan fingerprint density at radius 3 is 2.75 bits per heavy atom. The average Bonchev–Trinajstić information content (AvgIpc) is 2.53. The van der Waals surface area contributed by atoms with Crippen molar-refractivity contribution in [3.05, 3.63) is 31.0 Å². The van der Waals surface area contributed by atoms with E-state index in [2.05, 4.69) is 15.0 Å². The second kappa shape index (κ2) is 2.73. The Bertz CT molecular complexity index is 366. The van der Waals surface area contributed by atoms with Crippen LogP contribution >= 0.6 is 0 Å². The summed E-state index contributed by atoms with van der Waals surface area (Å²) in [5.74, 6) is 0.859. The van der Waals surface area contributed by atoms with Crippen LogP contribution in [-0.2, 0) is 7.05 Å². The molecule has 2 heterocycles. The first-order valence-corrected chi connectivity index (χ1v) is 3.61. The lowest BCUT2D eigenvalue weighted by Crippen LogP contribution is -1.93. The largest absolute Gasteiger partial charge is 0.333 e. The molecule has 0 N–H and O–H groups in total. The zero-order chi connectivity index (χ0) is 8.39. The van der Waals surface area contributed by atoms with E-state index in [4.69, 9.17) is 0 Å². The Kier molecular flexibility index (Phi) is 1.59. The second-order valence-electron chi connectivity index (χ2n) is 2.46. The molecule has 0 aliphatic heterocycles. The molecule has 0 aliphatic carbocycles. The summed E-state index contributed by atoms with van der Waals surface area (Å²) in [6.07, 6.45) is 6.86. The van der Waals surface area contributed by atoms with Gasteiger partial charge in [0, 0.05) is 25.6 Å². The summed E-state index contributed by atoms with van der Waals surface area (Å²) in [6.45, 7) is 0. The van der Waals surface area contributed by atoms with Crippen molar-refractivity contribution in [2.24, 2.45) is 7.05 Å². The van der Waals surface area contributed by atoms with Gasteiger partial charge in [0.25, 0.3) is 0 Å². The molecule has 4 nitrogen and oxygen atoms in total. The highest BCUT2D eigenvalue weighted by atomic mass is 15.1. The molecule has 2 rings (SSSR count). The quantitative estimate of drug-likeness (QED) is 0.622. The first kappa shape index (κ1) is 6.97. The van der Waals surface area contributed by atoms with Gasteiger partial charge in [-0.3, -0.25) is 0 Å². The summed E-state index contributed by atoms with van der Waals surface area (Å²) < 4.78 is 1.92. The van der Waals surface area contributed by atoms with Crippen molar-refractivity contribution in [1.82, 2.24) is 19.5 Å². The SMILES string of the molecule is Cn1ccnc1-c1ccncn1. The molecule has 0 spiro atoms. The summed E-state index contributed by atoms with van der Waals surface area (Å²) in [4.78, 5) is 12.1. The predicted molar refractivity (Wildman–Crippen MR) is 44.2 cm³/mol. The molecule has 0 aliphatic rings. The van der Waals surface area contributed by atoms with Crippen molar-refractivity contribution in [1.29, 1.82) is 0 Å². The Balaban J connectivity index is 2.51. The number of imidazole rings is 1. The monoisotopic (exact) mass is 160 g/mol. The summed E-state index contributed by atoms with van der Waals surface area (Å²) in [7, 11) is 1.93. The first-order valence-electron chi connectivity index (χ1n) is 3.61. The number of hydrogen-bond donors (Lipinski definition) is 0. The van der Waals surface area contributed by atoms with E-state index in [-0.39, 0.29) is 0 Å². The van der Waals surface area contributed by atoms with E-state index in [9.17, 15) is 0 Å². The van der Waals surface area contributed by atoms with Gasteiger partial charge in [0.15, 0.2) is 5.82 Å². The maximum Gasteiger partial charge on any atom is 0.158 e. The van der Waals surface area contributed by atoms with Crippen molar-refractivity contribution in [2.75, 3.05) is 0 Å². The first-order chi connectivity index (χ1) is 5.88. The van der Waals surface area contributed by atoms with Crippen LogP contribution in [0.5, 0.6) is 0 Å². The van der Waals surface area contributed by atoms with Crippen molar-refractivity contribution >= 4 is 0 Å². The van der Waals surface area contributed by atoms with Gasteiger partial charge < -0.3 is 4.57 Å². The number of nitrogens with zero attached hydrogens (tertiary/aromatic N) is 4. The van der Waals surface area contributed by atoms with Gasteiger partial charge in [0.1, 0.15) is 12.0 Å². The minimum atomic E-state index is 0.845. The highest BCUT2D eigenvalue weighted by Crippen LogP contribution is 2.10. The second-order valence-corrected chi connectivity index (χ2v) is 2.46. The lowest BCUT2D eigenvalue weighted by molar-refractivity contribution is 0.915. The molecule has 0 bridgehead atoms. The van der Waals surface area contributed by atoms with Gasteiger partial charge in [-0.05, 0) is 6.07 Å². The number of aryl methyl sites for hydroxylation is 1. The van der Waals surface area contributed by atoms with Crippen molar-refractivity contribution in [2.45, 2.75) is 0 Å². The van der Waals surface area contributed by atoms with Crippen LogP contribution in [0, 0.1) is 0 Å². The Morgan fingerprint density at radius 1 is 1.25 bits per heavy atom. The van der Waals surface area contributed by atoms with E-state index in [0.717, 1.165) is 11.5 Å². The van der Waals surface area contributed by atoms with Crippen molar-refractivity contribution in [3.63, 3.8) is 0 Å². The third-order valence-electron chi connectivity index (χ3n) is 1.63. The highest BCUT2D eigenvalue weighted by Gasteiger charge is 2.01. The maximum atomic E-state index is 4.16. The van der Waals surface area contributed by atoms with E-state index < -0.39 is 0 Å².